The van der Waals surface area contributed by atoms with Crippen LogP contribution in [0, 0.1) is 5.41 Å². The molecule has 1 aliphatic rings. The van der Waals surface area contributed by atoms with Gasteiger partial charge in [-0.2, -0.15) is 0 Å². The number of nitrogens with zero attached hydrogens (tertiary/aromatic N) is 1. The van der Waals surface area contributed by atoms with E-state index < -0.39 is 0 Å². The van der Waals surface area contributed by atoms with E-state index in [2.05, 4.69) is 60.5 Å². The van der Waals surface area contributed by atoms with Gasteiger partial charge in [-0.25, -0.2) is 0 Å². The minimum absolute atomic E-state index is 0.154. The van der Waals surface area contributed by atoms with Crippen molar-refractivity contribution in [3.63, 3.8) is 0 Å². The van der Waals surface area contributed by atoms with E-state index in [0.29, 0.717) is 0 Å². The molecular weight excluding hydrogens is 364 g/mol. The molecule has 3 rings (SSSR count). The van der Waals surface area contributed by atoms with Gasteiger partial charge in [0.25, 0.3) is 0 Å². The lowest BCUT2D eigenvalue weighted by Crippen LogP contribution is -2.49. The summed E-state index contributed by atoms with van der Waals surface area (Å²) < 4.78 is 0. The second-order valence-corrected chi connectivity index (χ2v) is 8.98. The van der Waals surface area contributed by atoms with Gasteiger partial charge in [0.2, 0.25) is 0 Å². The lowest BCUT2D eigenvalue weighted by molar-refractivity contribution is 0.0291. The predicted octanol–water partition coefficient (Wildman–Crippen LogP) is 4.46. The first-order valence-corrected chi connectivity index (χ1v) is 10.3. The lowest BCUT2D eigenvalue weighted by atomic mass is 9.79. The molecule has 3 nitrogen and oxygen atoms in total. The molecule has 0 aliphatic carbocycles. The first-order valence-electron chi connectivity index (χ1n) is 9.09. The standard InChI is InChI=1S/C21H27ClN2OS/c1-21(2,15-25)20(24-13-11-23-12-14-24)18-5-3-4-6-19(18)26-17-9-7-16(22)8-10-17/h3-10,20,23,25H,11-15H2,1-2H3/t20-/m0/s1. The predicted molar refractivity (Wildman–Crippen MR) is 110 cm³/mol. The molecule has 1 fully saturated rings. The largest absolute Gasteiger partial charge is 0.396 e. The first kappa shape index (κ1) is 19.7. The third-order valence-electron chi connectivity index (χ3n) is 4.92. The number of rotatable bonds is 6. The van der Waals surface area contributed by atoms with Gasteiger partial charge >= 0.3 is 0 Å². The van der Waals surface area contributed by atoms with Crippen molar-refractivity contribution in [1.82, 2.24) is 10.2 Å². The molecule has 2 aromatic rings. The number of nitrogens with one attached hydrogen (secondary N) is 1. The number of aliphatic hydroxyl groups excluding tert-OH is 1. The zero-order valence-electron chi connectivity index (χ0n) is 15.4. The van der Waals surface area contributed by atoms with E-state index in [1.807, 2.05) is 12.1 Å². The van der Waals surface area contributed by atoms with Crippen LogP contribution in [-0.4, -0.2) is 42.8 Å². The summed E-state index contributed by atoms with van der Waals surface area (Å²) in [7, 11) is 0. The number of aliphatic hydroxyl groups is 1. The highest BCUT2D eigenvalue weighted by molar-refractivity contribution is 7.99. The third-order valence-corrected chi connectivity index (χ3v) is 6.27. The molecule has 0 amide bonds. The average Bonchev–Trinajstić information content (AvgIpc) is 2.66. The van der Waals surface area contributed by atoms with Crippen LogP contribution in [0.4, 0.5) is 0 Å². The van der Waals surface area contributed by atoms with Crippen molar-refractivity contribution in [3.8, 4) is 0 Å². The molecule has 2 aromatic carbocycles. The lowest BCUT2D eigenvalue weighted by Gasteiger charge is -2.44. The Balaban J connectivity index is 1.97. The SMILES string of the molecule is CC(C)(CO)[C@H](c1ccccc1Sc1ccc(Cl)cc1)N1CCNCC1. The summed E-state index contributed by atoms with van der Waals surface area (Å²) in [6, 6.07) is 16.7. The summed E-state index contributed by atoms with van der Waals surface area (Å²) in [6.07, 6.45) is 0. The maximum atomic E-state index is 10.1. The second-order valence-electron chi connectivity index (χ2n) is 7.43. The molecule has 0 spiro atoms. The van der Waals surface area contributed by atoms with E-state index in [4.69, 9.17) is 11.6 Å². The Bertz CT molecular complexity index is 714. The Morgan fingerprint density at radius 1 is 1.12 bits per heavy atom. The molecule has 0 unspecified atom stereocenters. The van der Waals surface area contributed by atoms with Crippen LogP contribution in [0.5, 0.6) is 0 Å². The molecule has 1 atom stereocenters. The van der Waals surface area contributed by atoms with Gasteiger partial charge in [0.15, 0.2) is 0 Å². The maximum Gasteiger partial charge on any atom is 0.0500 e. The van der Waals surface area contributed by atoms with Crippen LogP contribution >= 0.6 is 23.4 Å². The van der Waals surface area contributed by atoms with Gasteiger partial charge in [0, 0.05) is 59.1 Å². The fourth-order valence-electron chi connectivity index (χ4n) is 3.57. The summed E-state index contributed by atoms with van der Waals surface area (Å²) in [4.78, 5) is 4.91. The monoisotopic (exact) mass is 390 g/mol. The molecule has 26 heavy (non-hydrogen) atoms. The zero-order chi connectivity index (χ0) is 18.6. The van der Waals surface area contributed by atoms with Gasteiger partial charge in [0.05, 0.1) is 0 Å². The molecule has 5 heteroatoms. The molecule has 2 N–H and O–H groups in total. The van der Waals surface area contributed by atoms with E-state index in [0.717, 1.165) is 31.2 Å². The minimum atomic E-state index is -0.228. The highest BCUT2D eigenvalue weighted by atomic mass is 35.5. The van der Waals surface area contributed by atoms with E-state index >= 15 is 0 Å². The smallest absolute Gasteiger partial charge is 0.0500 e. The Morgan fingerprint density at radius 3 is 2.42 bits per heavy atom. The zero-order valence-corrected chi connectivity index (χ0v) is 17.0. The van der Waals surface area contributed by atoms with Crippen LogP contribution in [0.15, 0.2) is 58.3 Å². The minimum Gasteiger partial charge on any atom is -0.396 e. The molecule has 0 radical (unpaired) electrons. The van der Waals surface area contributed by atoms with Crippen LogP contribution in [0.1, 0.15) is 25.5 Å². The van der Waals surface area contributed by atoms with E-state index in [1.165, 1.54) is 15.4 Å². The highest BCUT2D eigenvalue weighted by Crippen LogP contribution is 2.43. The Morgan fingerprint density at radius 2 is 1.77 bits per heavy atom. The Labute approximate surface area is 165 Å². The summed E-state index contributed by atoms with van der Waals surface area (Å²) in [6.45, 7) is 8.44. The number of benzene rings is 2. The summed E-state index contributed by atoms with van der Waals surface area (Å²) in [5, 5.41) is 14.3. The normalized spacial score (nSPS) is 17.2. The van der Waals surface area contributed by atoms with Gasteiger partial charge in [-0.15, -0.1) is 0 Å². The van der Waals surface area contributed by atoms with Crippen molar-refractivity contribution in [3.05, 3.63) is 59.1 Å². The van der Waals surface area contributed by atoms with Crippen LogP contribution in [0.2, 0.25) is 5.02 Å². The van der Waals surface area contributed by atoms with Crippen molar-refractivity contribution < 1.29 is 5.11 Å². The van der Waals surface area contributed by atoms with Crippen molar-refractivity contribution in [2.24, 2.45) is 5.41 Å². The van der Waals surface area contributed by atoms with Crippen LogP contribution in [0.25, 0.3) is 0 Å². The first-order chi connectivity index (χ1) is 12.5. The van der Waals surface area contributed by atoms with E-state index in [1.54, 1.807) is 11.8 Å². The Kier molecular flexibility index (Phi) is 6.65. The molecule has 0 saturated carbocycles. The van der Waals surface area contributed by atoms with E-state index in [9.17, 15) is 5.11 Å². The molecule has 1 heterocycles. The van der Waals surface area contributed by atoms with Crippen molar-refractivity contribution in [1.29, 1.82) is 0 Å². The molecule has 0 aromatic heterocycles. The molecule has 1 aliphatic heterocycles. The van der Waals surface area contributed by atoms with Crippen molar-refractivity contribution >= 4 is 23.4 Å². The third kappa shape index (κ3) is 4.62. The number of hydrogen-bond donors (Lipinski definition) is 2. The Hall–Kier alpha value is -1.04. The van der Waals surface area contributed by atoms with Gasteiger partial charge in [-0.05, 0) is 35.9 Å². The van der Waals surface area contributed by atoms with Crippen molar-refractivity contribution in [2.75, 3.05) is 32.8 Å². The number of hydrogen-bond acceptors (Lipinski definition) is 4. The van der Waals surface area contributed by atoms with Crippen LogP contribution < -0.4 is 5.32 Å². The van der Waals surface area contributed by atoms with Gasteiger partial charge < -0.3 is 10.4 Å². The highest BCUT2D eigenvalue weighted by Gasteiger charge is 2.36. The molecule has 1 saturated heterocycles. The van der Waals surface area contributed by atoms with Crippen LogP contribution in [0.3, 0.4) is 0 Å². The quantitative estimate of drug-likeness (QED) is 0.763. The fourth-order valence-corrected chi connectivity index (χ4v) is 4.66. The van der Waals surface area contributed by atoms with E-state index in [-0.39, 0.29) is 18.1 Å². The van der Waals surface area contributed by atoms with Crippen LogP contribution in [-0.2, 0) is 0 Å². The second kappa shape index (κ2) is 8.77. The van der Waals surface area contributed by atoms with Gasteiger partial charge in [-0.1, -0.05) is 55.4 Å². The molecule has 0 bridgehead atoms. The molecular formula is C21H27ClN2OS. The fraction of sp³-hybridized carbons (Fsp3) is 0.429. The van der Waals surface area contributed by atoms with Gasteiger partial charge in [-0.3, -0.25) is 4.90 Å². The summed E-state index contributed by atoms with van der Waals surface area (Å²) >= 11 is 7.79. The number of halogens is 1. The van der Waals surface area contributed by atoms with Gasteiger partial charge in [0.1, 0.15) is 0 Å². The number of piperazine rings is 1. The molecule has 140 valence electrons. The topological polar surface area (TPSA) is 35.5 Å². The summed E-state index contributed by atoms with van der Waals surface area (Å²) in [5.41, 5.74) is 1.06. The maximum absolute atomic E-state index is 10.1. The summed E-state index contributed by atoms with van der Waals surface area (Å²) in [5.74, 6) is 0. The van der Waals surface area contributed by atoms with Crippen molar-refractivity contribution in [2.45, 2.75) is 29.7 Å². The average molecular weight is 391 g/mol.